The number of nitrogens with zero attached hydrogens (tertiary/aromatic N) is 1. The summed E-state index contributed by atoms with van der Waals surface area (Å²) in [4.78, 5) is 0. The van der Waals surface area contributed by atoms with Crippen LogP contribution in [0.4, 0.5) is 5.69 Å². The van der Waals surface area contributed by atoms with Crippen molar-refractivity contribution in [3.63, 3.8) is 0 Å². The number of H-pyrrole nitrogens is 1. The van der Waals surface area contributed by atoms with Gasteiger partial charge in [-0.2, -0.15) is 13.5 Å². The van der Waals surface area contributed by atoms with Gasteiger partial charge in [0.15, 0.2) is 5.03 Å². The Balaban J connectivity index is 2.25. The number of rotatable bonds is 7. The van der Waals surface area contributed by atoms with Crippen LogP contribution in [-0.4, -0.2) is 25.2 Å². The lowest BCUT2D eigenvalue weighted by molar-refractivity contribution is 0.571. The van der Waals surface area contributed by atoms with Crippen LogP contribution in [-0.2, 0) is 10.0 Å². The van der Waals surface area contributed by atoms with Crippen molar-refractivity contribution in [3.8, 4) is 0 Å². The van der Waals surface area contributed by atoms with Gasteiger partial charge >= 0.3 is 0 Å². The zero-order valence-electron chi connectivity index (χ0n) is 12.1. The summed E-state index contributed by atoms with van der Waals surface area (Å²) in [6.07, 6.45) is 2.43. The summed E-state index contributed by atoms with van der Waals surface area (Å²) in [5.74, 6) is 0. The molecule has 0 bridgehead atoms. The molecular formula is C14H20N4O2S. The number of hydrogen-bond acceptors (Lipinski definition) is 4. The van der Waals surface area contributed by atoms with Gasteiger partial charge in [-0.3, -0.25) is 9.82 Å². The molecule has 2 rings (SSSR count). The third-order valence-corrected chi connectivity index (χ3v) is 4.43. The molecule has 114 valence electrons. The lowest BCUT2D eigenvalue weighted by Gasteiger charge is -2.18. The van der Waals surface area contributed by atoms with E-state index in [0.717, 1.165) is 18.5 Å². The molecule has 1 aromatic carbocycles. The van der Waals surface area contributed by atoms with E-state index in [1.165, 1.54) is 12.3 Å². The van der Waals surface area contributed by atoms with Gasteiger partial charge in [-0.05, 0) is 37.6 Å². The second kappa shape index (κ2) is 6.73. The molecule has 0 aliphatic carbocycles. The lowest BCUT2D eigenvalue weighted by Crippen LogP contribution is -2.22. The molecule has 1 unspecified atom stereocenters. The second-order valence-corrected chi connectivity index (χ2v) is 6.44. The quantitative estimate of drug-likeness (QED) is 0.732. The van der Waals surface area contributed by atoms with Crippen LogP contribution in [0.15, 0.2) is 41.6 Å². The maximum atomic E-state index is 12.2. The number of anilines is 1. The molecular weight excluding hydrogens is 288 g/mol. The lowest BCUT2D eigenvalue weighted by atomic mass is 10.1. The number of aromatic amines is 1. The number of benzene rings is 1. The van der Waals surface area contributed by atoms with Crippen LogP contribution in [0.2, 0.25) is 0 Å². The van der Waals surface area contributed by atoms with Gasteiger partial charge in [0, 0.05) is 6.04 Å². The molecule has 0 saturated carbocycles. The Morgan fingerprint density at radius 3 is 2.71 bits per heavy atom. The van der Waals surface area contributed by atoms with E-state index in [1.54, 1.807) is 12.1 Å². The number of aromatic nitrogens is 2. The fourth-order valence-electron chi connectivity index (χ4n) is 2.03. The van der Waals surface area contributed by atoms with Gasteiger partial charge in [-0.15, -0.1) is 0 Å². The highest BCUT2D eigenvalue weighted by atomic mass is 32.2. The zero-order chi connectivity index (χ0) is 15.3. The van der Waals surface area contributed by atoms with E-state index in [4.69, 9.17) is 0 Å². The molecule has 2 aromatic rings. The smallest absolute Gasteiger partial charge is 0.278 e. The molecule has 21 heavy (non-hydrogen) atoms. The number of nitrogens with one attached hydrogen (secondary N) is 3. The highest BCUT2D eigenvalue weighted by molar-refractivity contribution is 7.92. The molecule has 0 aliphatic heterocycles. The Bertz CT molecular complexity index is 668. The molecule has 1 heterocycles. The number of para-hydroxylation sites is 1. The maximum Gasteiger partial charge on any atom is 0.278 e. The summed E-state index contributed by atoms with van der Waals surface area (Å²) in [7, 11) is -3.64. The molecule has 0 spiro atoms. The molecule has 0 aliphatic rings. The third kappa shape index (κ3) is 3.83. The van der Waals surface area contributed by atoms with Crippen molar-refractivity contribution in [2.75, 3.05) is 11.3 Å². The molecule has 0 fully saturated rings. The fourth-order valence-corrected chi connectivity index (χ4v) is 3.03. The average Bonchev–Trinajstić information content (AvgIpc) is 3.00. The normalized spacial score (nSPS) is 13.0. The van der Waals surface area contributed by atoms with E-state index in [2.05, 4.69) is 27.2 Å². The van der Waals surface area contributed by atoms with Crippen LogP contribution in [0, 0.1) is 0 Å². The van der Waals surface area contributed by atoms with E-state index in [0.29, 0.717) is 5.69 Å². The Kier molecular flexibility index (Phi) is 4.98. The van der Waals surface area contributed by atoms with Gasteiger partial charge in [-0.25, -0.2) is 0 Å². The van der Waals surface area contributed by atoms with E-state index in [9.17, 15) is 8.42 Å². The number of hydrogen-bond donors (Lipinski definition) is 3. The monoisotopic (exact) mass is 308 g/mol. The zero-order valence-corrected chi connectivity index (χ0v) is 12.9. The van der Waals surface area contributed by atoms with Crippen molar-refractivity contribution in [3.05, 3.63) is 42.1 Å². The van der Waals surface area contributed by atoms with Crippen LogP contribution < -0.4 is 10.0 Å². The molecule has 0 saturated heterocycles. The average molecular weight is 308 g/mol. The SMILES string of the molecule is CCCNC(C)c1ccccc1NS(=O)(=O)c1ccn[nH]1. The Labute approximate surface area is 125 Å². The minimum absolute atomic E-state index is 0.0477. The van der Waals surface area contributed by atoms with Gasteiger partial charge in [0.2, 0.25) is 0 Å². The minimum Gasteiger partial charge on any atom is -0.310 e. The van der Waals surface area contributed by atoms with E-state index in [1.807, 2.05) is 19.1 Å². The van der Waals surface area contributed by atoms with E-state index in [-0.39, 0.29) is 11.1 Å². The van der Waals surface area contributed by atoms with Crippen molar-refractivity contribution in [1.29, 1.82) is 0 Å². The van der Waals surface area contributed by atoms with Crippen LogP contribution >= 0.6 is 0 Å². The highest BCUT2D eigenvalue weighted by Gasteiger charge is 2.18. The summed E-state index contributed by atoms with van der Waals surface area (Å²) < 4.78 is 27.1. The van der Waals surface area contributed by atoms with E-state index < -0.39 is 10.0 Å². The molecule has 1 aromatic heterocycles. The third-order valence-electron chi connectivity index (χ3n) is 3.14. The largest absolute Gasteiger partial charge is 0.310 e. The highest BCUT2D eigenvalue weighted by Crippen LogP contribution is 2.24. The predicted octanol–water partition coefficient (Wildman–Crippen LogP) is 2.27. The van der Waals surface area contributed by atoms with Gasteiger partial charge in [0.1, 0.15) is 0 Å². The first-order valence-corrected chi connectivity index (χ1v) is 8.37. The Morgan fingerprint density at radius 1 is 1.29 bits per heavy atom. The first-order chi connectivity index (χ1) is 10.0. The predicted molar refractivity (Wildman–Crippen MR) is 82.5 cm³/mol. The molecule has 6 nitrogen and oxygen atoms in total. The molecule has 3 N–H and O–H groups in total. The van der Waals surface area contributed by atoms with Gasteiger partial charge in [-0.1, -0.05) is 25.1 Å². The molecule has 1 atom stereocenters. The molecule has 7 heteroatoms. The number of sulfonamides is 1. The Hall–Kier alpha value is -1.86. The molecule has 0 amide bonds. The van der Waals surface area contributed by atoms with E-state index >= 15 is 0 Å². The standard InChI is InChI=1S/C14H20N4O2S/c1-3-9-15-11(2)12-6-4-5-7-13(12)18-21(19,20)14-8-10-16-17-14/h4-8,10-11,15,18H,3,9H2,1-2H3,(H,16,17). The first-order valence-electron chi connectivity index (χ1n) is 6.89. The molecule has 0 radical (unpaired) electrons. The first kappa shape index (κ1) is 15.5. The van der Waals surface area contributed by atoms with Crippen LogP contribution in [0.3, 0.4) is 0 Å². The summed E-state index contributed by atoms with van der Waals surface area (Å²) in [6.45, 7) is 4.98. The van der Waals surface area contributed by atoms with Gasteiger partial charge < -0.3 is 5.32 Å². The van der Waals surface area contributed by atoms with Crippen molar-refractivity contribution < 1.29 is 8.42 Å². The summed E-state index contributed by atoms with van der Waals surface area (Å²) in [5.41, 5.74) is 1.48. The van der Waals surface area contributed by atoms with Crippen LogP contribution in [0.1, 0.15) is 31.9 Å². The maximum absolute atomic E-state index is 12.2. The van der Waals surface area contributed by atoms with Crippen molar-refractivity contribution >= 4 is 15.7 Å². The summed E-state index contributed by atoms with van der Waals surface area (Å²) in [6, 6.07) is 8.86. The fraction of sp³-hybridized carbons (Fsp3) is 0.357. The van der Waals surface area contributed by atoms with Crippen molar-refractivity contribution in [2.45, 2.75) is 31.3 Å². The second-order valence-electron chi connectivity index (χ2n) is 4.79. The van der Waals surface area contributed by atoms with Gasteiger partial charge in [0.25, 0.3) is 10.0 Å². The minimum atomic E-state index is -3.64. The summed E-state index contributed by atoms with van der Waals surface area (Å²) >= 11 is 0. The van der Waals surface area contributed by atoms with Crippen molar-refractivity contribution in [1.82, 2.24) is 15.5 Å². The van der Waals surface area contributed by atoms with Gasteiger partial charge in [0.05, 0.1) is 11.9 Å². The topological polar surface area (TPSA) is 86.9 Å². The van der Waals surface area contributed by atoms with Crippen LogP contribution in [0.5, 0.6) is 0 Å². The van der Waals surface area contributed by atoms with Crippen molar-refractivity contribution in [2.24, 2.45) is 0 Å². The van der Waals surface area contributed by atoms with Crippen LogP contribution in [0.25, 0.3) is 0 Å². The Morgan fingerprint density at radius 2 is 2.05 bits per heavy atom. The summed E-state index contributed by atoms with van der Waals surface area (Å²) in [5, 5.41) is 9.54.